The average Bonchev–Trinajstić information content (AvgIpc) is 2.72. The number of unbranched alkanes of at least 4 members (excludes halogenated alkanes) is 9. The third-order valence-corrected chi connectivity index (χ3v) is 10.9. The Morgan fingerprint density at radius 2 is 0.793 bits per heavy atom. The van der Waals surface area contributed by atoms with E-state index in [1.165, 1.54) is 96.3 Å². The van der Waals surface area contributed by atoms with E-state index in [0.29, 0.717) is 0 Å². The molecule has 0 aromatic rings. The lowest BCUT2D eigenvalue weighted by Gasteiger charge is -2.28. The fourth-order valence-electron chi connectivity index (χ4n) is 3.74. The van der Waals surface area contributed by atoms with E-state index in [2.05, 4.69) is 53.7 Å². The van der Waals surface area contributed by atoms with E-state index in [-0.39, 0.29) is 12.4 Å². The summed E-state index contributed by atoms with van der Waals surface area (Å²) >= 11 is 0. The number of allylic oxidation sites excluding steroid dienone is 2. The van der Waals surface area contributed by atoms with Gasteiger partial charge in [0.25, 0.3) is 0 Å². The second-order valence-corrected chi connectivity index (χ2v) is 13.2. The number of halogens is 1. The lowest BCUT2D eigenvalue weighted by molar-refractivity contribution is 0.673. The minimum atomic E-state index is -0.562. The van der Waals surface area contributed by atoms with Crippen LogP contribution in [0, 0.1) is 0 Å². The fourth-order valence-corrected chi connectivity index (χ4v) is 9.03. The average molecular weight is 450 g/mol. The summed E-state index contributed by atoms with van der Waals surface area (Å²) in [5.74, 6) is 0. The molecule has 0 N–H and O–H groups in total. The van der Waals surface area contributed by atoms with Crippen molar-refractivity contribution < 1.29 is 0 Å². The SMILES string of the molecule is CCC/C=C/CCCCCC.CCCC[P+](CCCC)(CCCC)CCCC.Cl. The van der Waals surface area contributed by atoms with Crippen molar-refractivity contribution in [3.8, 4) is 0 Å². The first-order valence-electron chi connectivity index (χ1n) is 13.2. The van der Waals surface area contributed by atoms with Crippen molar-refractivity contribution in [3.05, 3.63) is 12.2 Å². The summed E-state index contributed by atoms with van der Waals surface area (Å²) in [6.07, 6.45) is 32.0. The maximum Gasteiger partial charge on any atom is 0.0594 e. The molecule has 0 aliphatic rings. The molecule has 29 heavy (non-hydrogen) atoms. The quantitative estimate of drug-likeness (QED) is 0.104. The molecule has 0 aromatic carbocycles. The lowest BCUT2D eigenvalue weighted by atomic mass is 10.1. The molecule has 0 radical (unpaired) electrons. The van der Waals surface area contributed by atoms with Gasteiger partial charge in [0.05, 0.1) is 24.6 Å². The first-order chi connectivity index (χ1) is 13.7. The van der Waals surface area contributed by atoms with Crippen molar-refractivity contribution in [1.82, 2.24) is 0 Å². The molecule has 0 saturated carbocycles. The molecule has 0 fully saturated rings. The summed E-state index contributed by atoms with van der Waals surface area (Å²) in [5, 5.41) is 0. The van der Waals surface area contributed by atoms with Crippen molar-refractivity contribution in [3.63, 3.8) is 0 Å². The van der Waals surface area contributed by atoms with Crippen LogP contribution in [0.15, 0.2) is 12.2 Å². The molecular weight excluding hydrogens is 391 g/mol. The van der Waals surface area contributed by atoms with Gasteiger partial charge in [-0.05, 0) is 44.9 Å². The normalized spacial score (nSPS) is 11.2. The topological polar surface area (TPSA) is 0 Å². The highest BCUT2D eigenvalue weighted by Gasteiger charge is 2.34. The zero-order valence-electron chi connectivity index (χ0n) is 21.4. The zero-order chi connectivity index (χ0) is 21.3. The van der Waals surface area contributed by atoms with Crippen LogP contribution >= 0.6 is 19.7 Å². The Morgan fingerprint density at radius 3 is 1.14 bits per heavy atom. The summed E-state index contributed by atoms with van der Waals surface area (Å²) in [6.45, 7) is 13.9. The van der Waals surface area contributed by atoms with Gasteiger partial charge < -0.3 is 0 Å². The van der Waals surface area contributed by atoms with Gasteiger partial charge in [0, 0.05) is 7.26 Å². The third kappa shape index (κ3) is 24.6. The highest BCUT2D eigenvalue weighted by Crippen LogP contribution is 2.61. The van der Waals surface area contributed by atoms with Crippen molar-refractivity contribution in [2.45, 2.75) is 138 Å². The predicted octanol–water partition coefficient (Wildman–Crippen LogP) is 10.9. The van der Waals surface area contributed by atoms with E-state index in [1.54, 1.807) is 24.6 Å². The predicted molar refractivity (Wildman–Crippen MR) is 146 cm³/mol. The third-order valence-electron chi connectivity index (χ3n) is 5.79. The first kappa shape index (κ1) is 34.1. The molecule has 0 saturated heterocycles. The van der Waals surface area contributed by atoms with Crippen LogP contribution in [-0.4, -0.2) is 24.6 Å². The van der Waals surface area contributed by atoms with Crippen molar-refractivity contribution in [1.29, 1.82) is 0 Å². The monoisotopic (exact) mass is 449 g/mol. The Bertz CT molecular complexity index is 263. The molecule has 0 aliphatic carbocycles. The molecule has 0 unspecified atom stereocenters. The van der Waals surface area contributed by atoms with Gasteiger partial charge in [0.2, 0.25) is 0 Å². The molecule has 0 heterocycles. The minimum Gasteiger partial charge on any atom is -0.147 e. The Hall–Kier alpha value is 0.460. The Labute approximate surface area is 194 Å². The van der Waals surface area contributed by atoms with Gasteiger partial charge in [-0.25, -0.2) is 0 Å². The van der Waals surface area contributed by atoms with Crippen molar-refractivity contribution in [2.75, 3.05) is 24.6 Å². The number of hydrogen-bond acceptors (Lipinski definition) is 0. The molecule has 0 aromatic heterocycles. The molecule has 0 atom stereocenters. The van der Waals surface area contributed by atoms with E-state index < -0.39 is 7.26 Å². The van der Waals surface area contributed by atoms with Crippen LogP contribution in [-0.2, 0) is 0 Å². The van der Waals surface area contributed by atoms with Gasteiger partial charge in [0.1, 0.15) is 0 Å². The van der Waals surface area contributed by atoms with Crippen LogP contribution in [0.5, 0.6) is 0 Å². The summed E-state index contributed by atoms with van der Waals surface area (Å²) in [5.41, 5.74) is 0. The van der Waals surface area contributed by atoms with Crippen LogP contribution in [0.2, 0.25) is 0 Å². The molecule has 0 bridgehead atoms. The summed E-state index contributed by atoms with van der Waals surface area (Å²) in [6, 6.07) is 0. The van der Waals surface area contributed by atoms with E-state index in [9.17, 15) is 0 Å². The zero-order valence-corrected chi connectivity index (χ0v) is 23.2. The second-order valence-electron chi connectivity index (χ2n) is 8.76. The van der Waals surface area contributed by atoms with Crippen LogP contribution < -0.4 is 0 Å². The van der Waals surface area contributed by atoms with E-state index >= 15 is 0 Å². The van der Waals surface area contributed by atoms with E-state index in [4.69, 9.17) is 0 Å². The van der Waals surface area contributed by atoms with Crippen LogP contribution in [0.4, 0.5) is 0 Å². The number of rotatable bonds is 19. The van der Waals surface area contributed by atoms with Gasteiger partial charge >= 0.3 is 0 Å². The standard InChI is InChI=1S/C16H36P.C11H22.ClH/c1-5-9-13-17(14-10-6-2,15-11-7-3)16-12-8-4;1-3-5-7-9-11-10-8-6-4-2;/h5-16H2,1-4H3;7,9H,3-6,8,10-11H2,1-2H3;1H/q+1;;/b;9-7+;. The molecule has 0 aliphatic heterocycles. The largest absolute Gasteiger partial charge is 0.147 e. The van der Waals surface area contributed by atoms with Gasteiger partial charge in [-0.3, -0.25) is 0 Å². The molecule has 0 rings (SSSR count). The number of hydrogen-bond donors (Lipinski definition) is 0. The summed E-state index contributed by atoms with van der Waals surface area (Å²) < 4.78 is 0. The van der Waals surface area contributed by atoms with E-state index in [1.807, 2.05) is 0 Å². The maximum atomic E-state index is 2.36. The molecular formula is C27H59ClP+. The van der Waals surface area contributed by atoms with Crippen LogP contribution in [0.3, 0.4) is 0 Å². The highest BCUT2D eigenvalue weighted by atomic mass is 35.5. The maximum absolute atomic E-state index is 2.36. The molecule has 0 amide bonds. The Kier molecular flexibility index (Phi) is 33.4. The van der Waals surface area contributed by atoms with Crippen LogP contribution in [0.1, 0.15) is 138 Å². The summed E-state index contributed by atoms with van der Waals surface area (Å²) in [4.78, 5) is 0. The molecule has 0 spiro atoms. The minimum absolute atomic E-state index is 0. The highest BCUT2D eigenvalue weighted by molar-refractivity contribution is 7.75. The lowest BCUT2D eigenvalue weighted by Crippen LogP contribution is -2.12. The molecule has 2 heteroatoms. The Balaban J connectivity index is -0.000000491. The van der Waals surface area contributed by atoms with E-state index in [0.717, 1.165) is 0 Å². The van der Waals surface area contributed by atoms with Gasteiger partial charge in [0.15, 0.2) is 0 Å². The smallest absolute Gasteiger partial charge is 0.0594 e. The van der Waals surface area contributed by atoms with Gasteiger partial charge in [-0.2, -0.15) is 0 Å². The molecule has 0 nitrogen and oxygen atoms in total. The van der Waals surface area contributed by atoms with Crippen molar-refractivity contribution in [2.24, 2.45) is 0 Å². The van der Waals surface area contributed by atoms with Gasteiger partial charge in [-0.1, -0.05) is 105 Å². The molecule has 178 valence electrons. The van der Waals surface area contributed by atoms with Gasteiger partial charge in [-0.15, -0.1) is 12.4 Å². The fraction of sp³-hybridized carbons (Fsp3) is 0.926. The Morgan fingerprint density at radius 1 is 0.414 bits per heavy atom. The second kappa shape index (κ2) is 28.5. The first-order valence-corrected chi connectivity index (χ1v) is 15.7. The van der Waals surface area contributed by atoms with Crippen LogP contribution in [0.25, 0.3) is 0 Å². The van der Waals surface area contributed by atoms with Crippen molar-refractivity contribution >= 4 is 19.7 Å². The summed E-state index contributed by atoms with van der Waals surface area (Å²) in [7, 11) is -0.562.